The van der Waals surface area contributed by atoms with Crippen molar-refractivity contribution in [2.24, 2.45) is 0 Å². The van der Waals surface area contributed by atoms with E-state index in [1.54, 1.807) is 13.3 Å². The Morgan fingerprint density at radius 2 is 2.00 bits per heavy atom. The van der Waals surface area contributed by atoms with Crippen LogP contribution in [0.25, 0.3) is 10.8 Å². The van der Waals surface area contributed by atoms with Gasteiger partial charge in [0.1, 0.15) is 5.75 Å². The minimum absolute atomic E-state index is 0. The lowest BCUT2D eigenvalue weighted by Crippen LogP contribution is -1.82. The van der Waals surface area contributed by atoms with Gasteiger partial charge in [-0.25, -0.2) is 0 Å². The second-order valence-corrected chi connectivity index (χ2v) is 2.59. The standard InChI is InChI=1S/C10H9NO.ClH/c1-12-10-3-2-8-4-5-11-7-9(8)6-10;/h2-7H,1H3;1H. The summed E-state index contributed by atoms with van der Waals surface area (Å²) in [6.45, 7) is 0. The van der Waals surface area contributed by atoms with Gasteiger partial charge in [0.15, 0.2) is 0 Å². The van der Waals surface area contributed by atoms with Gasteiger partial charge < -0.3 is 4.74 Å². The van der Waals surface area contributed by atoms with Crippen molar-refractivity contribution in [1.82, 2.24) is 4.98 Å². The summed E-state index contributed by atoms with van der Waals surface area (Å²) < 4.78 is 5.09. The van der Waals surface area contributed by atoms with Crippen LogP contribution in [0.5, 0.6) is 5.75 Å². The molecule has 2 rings (SSSR count). The number of aromatic nitrogens is 1. The zero-order valence-corrected chi connectivity index (χ0v) is 8.04. The minimum atomic E-state index is 0. The van der Waals surface area contributed by atoms with Crippen LogP contribution in [0.1, 0.15) is 0 Å². The molecule has 0 amide bonds. The van der Waals surface area contributed by atoms with E-state index in [0.717, 1.165) is 11.1 Å². The van der Waals surface area contributed by atoms with E-state index in [1.807, 2.05) is 30.5 Å². The molecule has 0 aliphatic heterocycles. The van der Waals surface area contributed by atoms with E-state index >= 15 is 0 Å². The molecule has 0 fully saturated rings. The maximum atomic E-state index is 5.09. The molecule has 13 heavy (non-hydrogen) atoms. The normalized spacial score (nSPS) is 9.31. The molecule has 0 bridgehead atoms. The van der Waals surface area contributed by atoms with Crippen LogP contribution in [-0.2, 0) is 0 Å². The van der Waals surface area contributed by atoms with E-state index in [0.29, 0.717) is 0 Å². The minimum Gasteiger partial charge on any atom is -0.497 e. The van der Waals surface area contributed by atoms with Crippen LogP contribution in [0.2, 0.25) is 0 Å². The van der Waals surface area contributed by atoms with Crippen molar-refractivity contribution in [2.45, 2.75) is 0 Å². The molecule has 1 aromatic heterocycles. The summed E-state index contributed by atoms with van der Waals surface area (Å²) in [7, 11) is 1.66. The van der Waals surface area contributed by atoms with Gasteiger partial charge in [-0.1, -0.05) is 6.07 Å². The fourth-order valence-corrected chi connectivity index (χ4v) is 1.19. The number of halogens is 1. The fraction of sp³-hybridized carbons (Fsp3) is 0.100. The first-order valence-electron chi connectivity index (χ1n) is 3.78. The Balaban J connectivity index is 0.000000845. The number of ether oxygens (including phenoxy) is 1. The van der Waals surface area contributed by atoms with Crippen LogP contribution in [0.4, 0.5) is 0 Å². The van der Waals surface area contributed by atoms with E-state index < -0.39 is 0 Å². The molecule has 0 saturated heterocycles. The maximum absolute atomic E-state index is 5.09. The highest BCUT2D eigenvalue weighted by molar-refractivity contribution is 5.85. The summed E-state index contributed by atoms with van der Waals surface area (Å²) in [5.41, 5.74) is 0. The number of pyridine rings is 1. The van der Waals surface area contributed by atoms with Gasteiger partial charge in [-0.15, -0.1) is 12.4 Å². The number of hydrogen-bond donors (Lipinski definition) is 0. The molecule has 0 unspecified atom stereocenters. The number of hydrogen-bond acceptors (Lipinski definition) is 2. The lowest BCUT2D eigenvalue weighted by molar-refractivity contribution is 0.415. The first-order valence-corrected chi connectivity index (χ1v) is 3.78. The Morgan fingerprint density at radius 1 is 1.15 bits per heavy atom. The number of benzene rings is 1. The van der Waals surface area contributed by atoms with E-state index in [1.165, 1.54) is 5.39 Å². The molecule has 0 saturated carbocycles. The van der Waals surface area contributed by atoms with Crippen LogP contribution in [-0.4, -0.2) is 12.1 Å². The van der Waals surface area contributed by atoms with E-state index in [4.69, 9.17) is 4.74 Å². The molecule has 0 N–H and O–H groups in total. The first-order chi connectivity index (χ1) is 5.90. The van der Waals surface area contributed by atoms with E-state index in [2.05, 4.69) is 4.98 Å². The Morgan fingerprint density at radius 3 is 2.77 bits per heavy atom. The van der Waals surface area contributed by atoms with Gasteiger partial charge in [0.05, 0.1) is 7.11 Å². The van der Waals surface area contributed by atoms with Gasteiger partial charge in [-0.05, 0) is 23.6 Å². The fourth-order valence-electron chi connectivity index (χ4n) is 1.19. The molecule has 2 nitrogen and oxygen atoms in total. The summed E-state index contributed by atoms with van der Waals surface area (Å²) in [5.74, 6) is 0.871. The van der Waals surface area contributed by atoms with Gasteiger partial charge in [-0.2, -0.15) is 0 Å². The van der Waals surface area contributed by atoms with Crippen molar-refractivity contribution < 1.29 is 4.74 Å². The highest BCUT2D eigenvalue weighted by atomic mass is 35.5. The maximum Gasteiger partial charge on any atom is 0.119 e. The molecule has 68 valence electrons. The first kappa shape index (κ1) is 9.81. The van der Waals surface area contributed by atoms with Crippen molar-refractivity contribution in [1.29, 1.82) is 0 Å². The van der Waals surface area contributed by atoms with Crippen LogP contribution in [0.15, 0.2) is 36.7 Å². The summed E-state index contributed by atoms with van der Waals surface area (Å²) in [5, 5.41) is 2.29. The molecule has 3 heteroatoms. The average Bonchev–Trinajstić information content (AvgIpc) is 2.17. The molecular formula is C10H10ClNO. The van der Waals surface area contributed by atoms with Crippen LogP contribution >= 0.6 is 12.4 Å². The molecular weight excluding hydrogens is 186 g/mol. The van der Waals surface area contributed by atoms with Crippen molar-refractivity contribution in [2.75, 3.05) is 7.11 Å². The van der Waals surface area contributed by atoms with Gasteiger partial charge in [0.25, 0.3) is 0 Å². The second kappa shape index (κ2) is 4.10. The van der Waals surface area contributed by atoms with Crippen LogP contribution < -0.4 is 4.74 Å². The van der Waals surface area contributed by atoms with E-state index in [-0.39, 0.29) is 12.4 Å². The number of methoxy groups -OCH3 is 1. The summed E-state index contributed by atoms with van der Waals surface area (Å²) in [6, 6.07) is 7.93. The molecule has 1 heterocycles. The van der Waals surface area contributed by atoms with Crippen LogP contribution in [0, 0.1) is 0 Å². The number of nitrogens with zero attached hydrogens (tertiary/aromatic N) is 1. The van der Waals surface area contributed by atoms with Gasteiger partial charge in [0.2, 0.25) is 0 Å². The highest BCUT2D eigenvalue weighted by Crippen LogP contribution is 2.18. The molecule has 2 aromatic rings. The largest absolute Gasteiger partial charge is 0.497 e. The third-order valence-electron chi connectivity index (χ3n) is 1.85. The van der Waals surface area contributed by atoms with Gasteiger partial charge >= 0.3 is 0 Å². The average molecular weight is 196 g/mol. The zero-order valence-electron chi connectivity index (χ0n) is 7.23. The molecule has 0 spiro atoms. The van der Waals surface area contributed by atoms with Crippen molar-refractivity contribution in [3.8, 4) is 5.75 Å². The number of fused-ring (bicyclic) bond motifs is 1. The predicted octanol–water partition coefficient (Wildman–Crippen LogP) is 2.67. The zero-order chi connectivity index (χ0) is 8.39. The Bertz CT molecular complexity index is 403. The number of rotatable bonds is 1. The highest BCUT2D eigenvalue weighted by Gasteiger charge is 1.93. The van der Waals surface area contributed by atoms with Gasteiger partial charge in [0, 0.05) is 17.8 Å². The topological polar surface area (TPSA) is 22.1 Å². The Kier molecular flexibility index (Phi) is 3.09. The second-order valence-electron chi connectivity index (χ2n) is 2.59. The lowest BCUT2D eigenvalue weighted by atomic mass is 10.2. The molecule has 0 atom stereocenters. The third-order valence-corrected chi connectivity index (χ3v) is 1.85. The Labute approximate surface area is 83.0 Å². The summed E-state index contributed by atoms with van der Waals surface area (Å²) >= 11 is 0. The summed E-state index contributed by atoms with van der Waals surface area (Å²) in [6.07, 6.45) is 3.62. The van der Waals surface area contributed by atoms with Crippen molar-refractivity contribution in [3.05, 3.63) is 36.7 Å². The van der Waals surface area contributed by atoms with E-state index in [9.17, 15) is 0 Å². The predicted molar refractivity (Wildman–Crippen MR) is 55.5 cm³/mol. The lowest BCUT2D eigenvalue weighted by Gasteiger charge is -2.00. The molecule has 0 radical (unpaired) electrons. The van der Waals surface area contributed by atoms with Crippen LogP contribution in [0.3, 0.4) is 0 Å². The smallest absolute Gasteiger partial charge is 0.119 e. The Hall–Kier alpha value is -1.28. The molecule has 1 aromatic carbocycles. The summed E-state index contributed by atoms with van der Waals surface area (Å²) in [4.78, 5) is 4.03. The molecule has 0 aliphatic carbocycles. The SMILES string of the molecule is COc1ccc2ccncc2c1.Cl. The third kappa shape index (κ3) is 1.90. The quantitative estimate of drug-likeness (QED) is 0.698. The van der Waals surface area contributed by atoms with Gasteiger partial charge in [-0.3, -0.25) is 4.98 Å². The van der Waals surface area contributed by atoms with Crippen molar-refractivity contribution in [3.63, 3.8) is 0 Å². The monoisotopic (exact) mass is 195 g/mol. The van der Waals surface area contributed by atoms with Crippen molar-refractivity contribution >= 4 is 23.2 Å². The molecule has 0 aliphatic rings.